The molecule has 3 aliphatic heterocycles. The normalized spacial score (nSPS) is 25.7. The first kappa shape index (κ1) is 17.9. The van der Waals surface area contributed by atoms with Crippen LogP contribution in [-0.2, 0) is 0 Å². The van der Waals surface area contributed by atoms with E-state index in [4.69, 9.17) is 0 Å². The predicted molar refractivity (Wildman–Crippen MR) is 117 cm³/mol. The number of rotatable bonds is 3. The van der Waals surface area contributed by atoms with Gasteiger partial charge >= 0.3 is 0 Å². The van der Waals surface area contributed by atoms with Gasteiger partial charge in [-0.05, 0) is 68.3 Å². The first-order valence-electron chi connectivity index (χ1n) is 10.2. The van der Waals surface area contributed by atoms with E-state index in [1.807, 2.05) is 6.07 Å². The van der Waals surface area contributed by atoms with Gasteiger partial charge in [-0.1, -0.05) is 48.5 Å². The Hall–Kier alpha value is -2.17. The zero-order chi connectivity index (χ0) is 19.3. The second-order valence-electron chi connectivity index (χ2n) is 8.63. The summed E-state index contributed by atoms with van der Waals surface area (Å²) >= 11 is 1.61. The number of hydrogen-bond donors (Lipinski definition) is 1. The van der Waals surface area contributed by atoms with Crippen LogP contribution < -0.4 is 5.32 Å². The molecule has 0 radical (unpaired) electrons. The van der Waals surface area contributed by atoms with Crippen LogP contribution in [0.1, 0.15) is 36.4 Å². The molecule has 3 saturated heterocycles. The number of carbonyl (C=O) groups excluding carboxylic acids is 1. The van der Waals surface area contributed by atoms with E-state index in [2.05, 4.69) is 72.6 Å². The summed E-state index contributed by atoms with van der Waals surface area (Å²) < 4.78 is 1.19. The van der Waals surface area contributed by atoms with Gasteiger partial charge in [-0.25, -0.2) is 0 Å². The van der Waals surface area contributed by atoms with Crippen molar-refractivity contribution in [2.75, 3.05) is 13.1 Å². The van der Waals surface area contributed by atoms with E-state index in [1.165, 1.54) is 28.7 Å². The molecule has 4 heterocycles. The maximum absolute atomic E-state index is 13.2. The standard InChI is InChI=1S/C24H26N2OS/c1-24(2)22(17-11-13-26(24)14-12-17)25-23(27)20-15-18-9-6-10-19(21(18)28-20)16-7-4-3-5-8-16/h3-10,15,17,22H,11-14H2,1-2H3,(H,25,27)/t22-/m1/s1. The number of carbonyl (C=O) groups is 1. The number of benzene rings is 2. The van der Waals surface area contributed by atoms with Crippen molar-refractivity contribution >= 4 is 27.3 Å². The molecule has 2 aromatic carbocycles. The van der Waals surface area contributed by atoms with Gasteiger partial charge in [0.1, 0.15) is 0 Å². The minimum Gasteiger partial charge on any atom is -0.346 e. The third-order valence-electron chi connectivity index (χ3n) is 6.73. The van der Waals surface area contributed by atoms with Crippen molar-refractivity contribution in [2.24, 2.45) is 5.92 Å². The number of nitrogens with one attached hydrogen (secondary N) is 1. The average molecular weight is 391 g/mol. The number of hydrogen-bond acceptors (Lipinski definition) is 3. The van der Waals surface area contributed by atoms with Gasteiger partial charge in [0.05, 0.1) is 4.88 Å². The smallest absolute Gasteiger partial charge is 0.261 e. The Morgan fingerprint density at radius 2 is 1.82 bits per heavy atom. The van der Waals surface area contributed by atoms with Crippen molar-refractivity contribution < 1.29 is 4.79 Å². The van der Waals surface area contributed by atoms with Crippen LogP contribution in [0.15, 0.2) is 54.6 Å². The molecule has 3 fully saturated rings. The highest BCUT2D eigenvalue weighted by Gasteiger charge is 2.48. The van der Waals surface area contributed by atoms with Crippen LogP contribution in [0, 0.1) is 5.92 Å². The second-order valence-corrected chi connectivity index (χ2v) is 9.68. The SMILES string of the molecule is CC1(C)[C@H](NC(=O)c2cc3cccc(-c4ccccc4)c3s2)C2CCN1CC2. The zero-order valence-electron chi connectivity index (χ0n) is 16.4. The van der Waals surface area contributed by atoms with Gasteiger partial charge in [0.2, 0.25) is 0 Å². The Morgan fingerprint density at radius 3 is 2.54 bits per heavy atom. The van der Waals surface area contributed by atoms with Crippen molar-refractivity contribution in [3.63, 3.8) is 0 Å². The largest absolute Gasteiger partial charge is 0.346 e. The van der Waals surface area contributed by atoms with Crippen molar-refractivity contribution in [3.05, 3.63) is 59.5 Å². The van der Waals surface area contributed by atoms with E-state index in [0.717, 1.165) is 23.4 Å². The fourth-order valence-corrected chi connectivity index (χ4v) is 6.21. The van der Waals surface area contributed by atoms with E-state index in [9.17, 15) is 4.79 Å². The third-order valence-corrected chi connectivity index (χ3v) is 7.91. The summed E-state index contributed by atoms with van der Waals surface area (Å²) in [7, 11) is 0. The molecule has 0 spiro atoms. The first-order valence-corrected chi connectivity index (χ1v) is 11.0. The van der Waals surface area contributed by atoms with E-state index >= 15 is 0 Å². The molecule has 3 aromatic rings. The van der Waals surface area contributed by atoms with Gasteiger partial charge in [0, 0.05) is 16.3 Å². The second kappa shape index (κ2) is 6.71. The average Bonchev–Trinajstić information content (AvgIpc) is 3.16. The molecule has 0 aliphatic carbocycles. The summed E-state index contributed by atoms with van der Waals surface area (Å²) in [6.45, 7) is 6.88. The monoisotopic (exact) mass is 390 g/mol. The summed E-state index contributed by atoms with van der Waals surface area (Å²) in [4.78, 5) is 16.5. The highest BCUT2D eigenvalue weighted by Crippen LogP contribution is 2.40. The number of piperidine rings is 3. The fraction of sp³-hybridized carbons (Fsp3) is 0.375. The lowest BCUT2D eigenvalue weighted by molar-refractivity contribution is -0.0377. The molecule has 144 valence electrons. The Bertz CT molecular complexity index is 1020. The lowest BCUT2D eigenvalue weighted by atomic mass is 9.72. The molecule has 1 atom stereocenters. The Morgan fingerprint density at radius 1 is 1.07 bits per heavy atom. The summed E-state index contributed by atoms with van der Waals surface area (Å²) in [5.74, 6) is 0.672. The maximum atomic E-state index is 13.2. The van der Waals surface area contributed by atoms with Crippen molar-refractivity contribution in [3.8, 4) is 11.1 Å². The first-order chi connectivity index (χ1) is 13.5. The molecule has 6 rings (SSSR count). The van der Waals surface area contributed by atoms with Crippen LogP contribution in [0.4, 0.5) is 0 Å². The topological polar surface area (TPSA) is 32.3 Å². The molecule has 0 saturated carbocycles. The van der Waals surface area contributed by atoms with Crippen LogP contribution >= 0.6 is 11.3 Å². The minimum absolute atomic E-state index is 0.0305. The van der Waals surface area contributed by atoms with Gasteiger partial charge in [0.25, 0.3) is 5.91 Å². The van der Waals surface area contributed by atoms with Crippen LogP contribution in [-0.4, -0.2) is 35.5 Å². The molecule has 28 heavy (non-hydrogen) atoms. The van der Waals surface area contributed by atoms with E-state index in [0.29, 0.717) is 5.92 Å². The zero-order valence-corrected chi connectivity index (χ0v) is 17.3. The quantitative estimate of drug-likeness (QED) is 0.669. The van der Waals surface area contributed by atoms with E-state index < -0.39 is 0 Å². The van der Waals surface area contributed by atoms with Gasteiger partial charge in [-0.3, -0.25) is 9.69 Å². The van der Waals surface area contributed by atoms with Crippen molar-refractivity contribution in [1.82, 2.24) is 10.2 Å². The highest BCUT2D eigenvalue weighted by atomic mass is 32.1. The Balaban J connectivity index is 1.46. The molecular weight excluding hydrogens is 364 g/mol. The number of nitrogens with zero attached hydrogens (tertiary/aromatic N) is 1. The van der Waals surface area contributed by atoms with E-state index in [1.54, 1.807) is 11.3 Å². The molecule has 2 bridgehead atoms. The molecule has 3 aliphatic rings. The van der Waals surface area contributed by atoms with E-state index in [-0.39, 0.29) is 17.5 Å². The van der Waals surface area contributed by atoms with Gasteiger partial charge in [-0.2, -0.15) is 0 Å². The third kappa shape index (κ3) is 2.87. The van der Waals surface area contributed by atoms with Gasteiger partial charge in [0.15, 0.2) is 0 Å². The van der Waals surface area contributed by atoms with Crippen LogP contribution in [0.25, 0.3) is 21.2 Å². The summed E-state index contributed by atoms with van der Waals surface area (Å²) in [6.07, 6.45) is 2.39. The summed E-state index contributed by atoms with van der Waals surface area (Å²) in [5.41, 5.74) is 2.42. The molecule has 0 unspecified atom stereocenters. The molecule has 1 aromatic heterocycles. The lowest BCUT2D eigenvalue weighted by Crippen LogP contribution is -2.69. The predicted octanol–water partition coefficient (Wildman–Crippen LogP) is 5.17. The number of fused-ring (bicyclic) bond motifs is 4. The van der Waals surface area contributed by atoms with Crippen LogP contribution in [0.5, 0.6) is 0 Å². The molecule has 3 nitrogen and oxygen atoms in total. The maximum Gasteiger partial charge on any atom is 0.261 e. The minimum atomic E-state index is 0.0305. The molecule has 1 amide bonds. The summed E-state index contributed by atoms with van der Waals surface area (Å²) in [6, 6.07) is 19.0. The molecule has 1 N–H and O–H groups in total. The van der Waals surface area contributed by atoms with Crippen LogP contribution in [0.3, 0.4) is 0 Å². The van der Waals surface area contributed by atoms with Crippen molar-refractivity contribution in [2.45, 2.75) is 38.3 Å². The number of amides is 1. The van der Waals surface area contributed by atoms with Crippen molar-refractivity contribution in [1.29, 1.82) is 0 Å². The fourth-order valence-electron chi connectivity index (χ4n) is 5.11. The highest BCUT2D eigenvalue weighted by molar-refractivity contribution is 7.21. The summed E-state index contributed by atoms with van der Waals surface area (Å²) in [5, 5.41) is 4.55. The van der Waals surface area contributed by atoms with Crippen LogP contribution in [0.2, 0.25) is 0 Å². The number of thiophene rings is 1. The Kier molecular flexibility index (Phi) is 4.29. The Labute approximate surface area is 170 Å². The molecular formula is C24H26N2OS. The van der Waals surface area contributed by atoms with Gasteiger partial charge < -0.3 is 5.32 Å². The van der Waals surface area contributed by atoms with Gasteiger partial charge in [-0.15, -0.1) is 11.3 Å². The molecule has 4 heteroatoms. The lowest BCUT2D eigenvalue weighted by Gasteiger charge is -2.56.